The molecular formula is C50H84O13Si2. The van der Waals surface area contributed by atoms with Crippen molar-refractivity contribution >= 4 is 34.5 Å². The lowest BCUT2D eigenvalue weighted by atomic mass is 9.70. The molecular weight excluding hydrogens is 865 g/mol. The minimum atomic E-state index is -2.38. The van der Waals surface area contributed by atoms with Crippen molar-refractivity contribution < 1.29 is 61.9 Å². The number of carbonyl (C=O) groups is 3. The predicted molar refractivity (Wildman–Crippen MR) is 257 cm³/mol. The predicted octanol–water partition coefficient (Wildman–Crippen LogP) is 8.87. The Labute approximate surface area is 393 Å². The smallest absolute Gasteiger partial charge is 0.331 e. The Bertz CT molecular complexity index is 1760. The third-order valence-electron chi connectivity index (χ3n) is 14.4. The van der Waals surface area contributed by atoms with Crippen LogP contribution in [-0.2, 0) is 51.7 Å². The summed E-state index contributed by atoms with van der Waals surface area (Å²) in [5.41, 5.74) is -0.474. The molecule has 15 heteroatoms. The van der Waals surface area contributed by atoms with E-state index in [4.69, 9.17) is 37.3 Å². The molecule has 3 aliphatic rings. The van der Waals surface area contributed by atoms with Crippen molar-refractivity contribution in [2.24, 2.45) is 10.8 Å². The first-order valence-electron chi connectivity index (χ1n) is 23.7. The van der Waals surface area contributed by atoms with Gasteiger partial charge >= 0.3 is 17.9 Å². The highest BCUT2D eigenvalue weighted by Crippen LogP contribution is 2.50. The maximum atomic E-state index is 14.4. The van der Waals surface area contributed by atoms with Crippen molar-refractivity contribution in [3.05, 3.63) is 35.5 Å². The topological polar surface area (TPSA) is 166 Å². The van der Waals surface area contributed by atoms with E-state index in [0.29, 0.717) is 18.4 Å². The van der Waals surface area contributed by atoms with Crippen LogP contribution in [0.15, 0.2) is 35.5 Å². The van der Waals surface area contributed by atoms with Gasteiger partial charge in [0.15, 0.2) is 22.4 Å². The van der Waals surface area contributed by atoms with Crippen LogP contribution < -0.4 is 0 Å². The second kappa shape index (κ2) is 23.6. The minimum absolute atomic E-state index is 0.0130. The van der Waals surface area contributed by atoms with Gasteiger partial charge in [0.1, 0.15) is 6.10 Å². The Hall–Kier alpha value is -2.66. The molecule has 0 aromatic rings. The number of esters is 3. The van der Waals surface area contributed by atoms with Crippen LogP contribution in [0.4, 0.5) is 0 Å². The molecule has 0 unspecified atom stereocenters. The van der Waals surface area contributed by atoms with E-state index in [-0.39, 0.29) is 43.6 Å². The zero-order valence-corrected chi connectivity index (χ0v) is 44.6. The van der Waals surface area contributed by atoms with Gasteiger partial charge in [0.05, 0.1) is 63.4 Å². The van der Waals surface area contributed by atoms with E-state index in [0.717, 1.165) is 23.7 Å². The van der Waals surface area contributed by atoms with Crippen LogP contribution in [0.1, 0.15) is 128 Å². The third-order valence-corrected chi connectivity index (χ3v) is 23.7. The molecule has 0 aromatic heterocycles. The molecule has 3 rings (SSSR count). The zero-order chi connectivity index (χ0) is 49.2. The zero-order valence-electron chi connectivity index (χ0n) is 42.6. The van der Waals surface area contributed by atoms with Crippen LogP contribution in [-0.4, -0.2) is 121 Å². The first-order valence-corrected chi connectivity index (χ1v) is 29.1. The standard InChI is InChI=1S/C50H84O13Si2/c1-17-65(18-2,19-3)63-40-30-39-31-43(52)49(10,11)50(58-14,61-39)33-41-26-36(28-45(54)57-13)25-38(59-41)21-23-48(8,9)22-20-35(27-44(53)56-12)24-37(51)29-42(60-46(55)32-40)34(4)62-64(15,16)47(5,6)7/h21,23,27-28,34,37-43,51-52H,17-19,24-26,29-33H2,1-16H3/b23-21+,35-27-,36-28+/t34-,37+,38+,39-,40-,41+,42-,43+,50+/m1/s1. The number of aliphatic hydroxyl groups is 2. The van der Waals surface area contributed by atoms with E-state index in [9.17, 15) is 24.6 Å². The van der Waals surface area contributed by atoms with Gasteiger partial charge in [0.2, 0.25) is 0 Å². The Morgan fingerprint density at radius 2 is 1.52 bits per heavy atom. The molecule has 13 nitrogen and oxygen atoms in total. The lowest BCUT2D eigenvalue weighted by molar-refractivity contribution is -0.357. The summed E-state index contributed by atoms with van der Waals surface area (Å²) in [6.45, 7) is 26.6. The summed E-state index contributed by atoms with van der Waals surface area (Å²) in [6.07, 6.45) is 2.60. The minimum Gasteiger partial charge on any atom is -0.466 e. The number of cyclic esters (lactones) is 1. The van der Waals surface area contributed by atoms with Gasteiger partial charge in [0, 0.05) is 61.3 Å². The monoisotopic (exact) mass is 949 g/mol. The fraction of sp³-hybridized carbons (Fsp3) is 0.780. The second-order valence-corrected chi connectivity index (χ2v) is 30.5. The van der Waals surface area contributed by atoms with Gasteiger partial charge in [-0.1, -0.05) is 85.0 Å². The molecule has 0 aliphatic carbocycles. The molecule has 0 saturated carbocycles. The molecule has 2 saturated heterocycles. The van der Waals surface area contributed by atoms with Crippen molar-refractivity contribution in [3.63, 3.8) is 0 Å². The van der Waals surface area contributed by atoms with Crippen LogP contribution in [0.2, 0.25) is 36.3 Å². The van der Waals surface area contributed by atoms with Crippen molar-refractivity contribution in [2.75, 3.05) is 21.3 Å². The number of hydrogen-bond acceptors (Lipinski definition) is 13. The fourth-order valence-electron chi connectivity index (χ4n) is 8.83. The number of fused-ring (bicyclic) bond motifs is 4. The number of aliphatic hydroxyl groups excluding tert-OH is 2. The van der Waals surface area contributed by atoms with Crippen molar-refractivity contribution in [1.82, 2.24) is 0 Å². The summed E-state index contributed by atoms with van der Waals surface area (Å²) in [5.74, 6) is 3.45. The van der Waals surface area contributed by atoms with Crippen LogP contribution in [0, 0.1) is 22.7 Å². The third kappa shape index (κ3) is 15.7. The van der Waals surface area contributed by atoms with Crippen molar-refractivity contribution in [3.8, 4) is 11.8 Å². The maximum Gasteiger partial charge on any atom is 0.331 e. The van der Waals surface area contributed by atoms with Gasteiger partial charge in [-0.2, -0.15) is 0 Å². The highest BCUT2D eigenvalue weighted by Gasteiger charge is 2.58. The number of carbonyl (C=O) groups excluding carboxylic acids is 3. The van der Waals surface area contributed by atoms with E-state index in [1.54, 1.807) is 7.11 Å². The van der Waals surface area contributed by atoms with E-state index in [1.807, 2.05) is 46.8 Å². The molecule has 2 N–H and O–H groups in total. The highest BCUT2D eigenvalue weighted by atomic mass is 28.4. The van der Waals surface area contributed by atoms with Gasteiger partial charge in [0.25, 0.3) is 0 Å². The summed E-state index contributed by atoms with van der Waals surface area (Å²) in [4.78, 5) is 39.6. The van der Waals surface area contributed by atoms with E-state index in [2.05, 4.69) is 66.5 Å². The Balaban J connectivity index is 2.26. The molecule has 370 valence electrons. The molecule has 0 radical (unpaired) electrons. The van der Waals surface area contributed by atoms with Crippen LogP contribution in [0.3, 0.4) is 0 Å². The van der Waals surface area contributed by atoms with Crippen molar-refractivity contribution in [1.29, 1.82) is 0 Å². The van der Waals surface area contributed by atoms with Crippen LogP contribution in [0.5, 0.6) is 0 Å². The quantitative estimate of drug-likeness (QED) is 0.0504. The molecule has 65 heavy (non-hydrogen) atoms. The Kier molecular flexibility index (Phi) is 20.6. The normalized spacial score (nSPS) is 31.8. The van der Waals surface area contributed by atoms with Crippen LogP contribution >= 0.6 is 0 Å². The van der Waals surface area contributed by atoms with E-state index < -0.39 is 100.0 Å². The SMILES string of the molecule is CC[Si](CC)(CC)O[C@H]1CC(=O)O[C@@H]([C@@H](C)O[Si](C)(C)C(C)(C)C)C[C@@H](O)C/C(=C\C(=O)OC)C#CC(C)(C)/C=C/[C@H]2C/C(=C\C(=O)OC)C[C@@H](C[C@]3(OC)O[C@H](C1)C[C@H](O)C3(C)C)O2. The van der Waals surface area contributed by atoms with Crippen molar-refractivity contribution in [2.45, 2.75) is 218 Å². The van der Waals surface area contributed by atoms with Gasteiger partial charge in [-0.15, -0.1) is 0 Å². The van der Waals surface area contributed by atoms with Gasteiger partial charge in [-0.3, -0.25) is 4.79 Å². The van der Waals surface area contributed by atoms with Gasteiger partial charge in [-0.05, 0) is 76.3 Å². The molecule has 0 spiro atoms. The number of allylic oxidation sites excluding steroid dienone is 1. The second-order valence-electron chi connectivity index (χ2n) is 21.1. The van der Waals surface area contributed by atoms with E-state index in [1.165, 1.54) is 26.4 Å². The molecule has 9 atom stereocenters. The molecule has 0 aromatic carbocycles. The summed E-state index contributed by atoms with van der Waals surface area (Å²) >= 11 is 0. The Morgan fingerprint density at radius 1 is 0.908 bits per heavy atom. The number of methoxy groups -OCH3 is 3. The average Bonchev–Trinajstić information content (AvgIpc) is 3.21. The Morgan fingerprint density at radius 3 is 2.09 bits per heavy atom. The van der Waals surface area contributed by atoms with Gasteiger partial charge < -0.3 is 47.5 Å². The number of rotatable bonds is 11. The van der Waals surface area contributed by atoms with Crippen LogP contribution in [0.25, 0.3) is 0 Å². The van der Waals surface area contributed by atoms with Gasteiger partial charge in [-0.25, -0.2) is 9.59 Å². The molecule has 4 bridgehead atoms. The largest absolute Gasteiger partial charge is 0.466 e. The maximum absolute atomic E-state index is 14.4. The first kappa shape index (κ1) is 56.7. The molecule has 0 amide bonds. The fourth-order valence-corrected chi connectivity index (χ4v) is 13.2. The summed E-state index contributed by atoms with van der Waals surface area (Å²) in [5, 5.41) is 23.6. The first-order chi connectivity index (χ1) is 30.1. The highest BCUT2D eigenvalue weighted by molar-refractivity contribution is 6.74. The molecule has 3 heterocycles. The molecule has 3 aliphatic heterocycles. The lowest BCUT2D eigenvalue weighted by Gasteiger charge is -2.55. The van der Waals surface area contributed by atoms with E-state index >= 15 is 0 Å². The molecule has 2 fully saturated rings. The lowest BCUT2D eigenvalue weighted by Crippen LogP contribution is -2.62. The number of hydrogen-bond donors (Lipinski definition) is 2. The summed E-state index contributed by atoms with van der Waals surface area (Å²) in [7, 11) is -0.506. The summed E-state index contributed by atoms with van der Waals surface area (Å²) in [6, 6.07) is 2.54. The summed E-state index contributed by atoms with van der Waals surface area (Å²) < 4.78 is 50.4. The number of ether oxygens (including phenoxy) is 6. The average molecular weight is 949 g/mol.